The molecule has 2 aliphatic heterocycles. The maximum Gasteiger partial charge on any atom is 0.416 e. The molecule has 48 heavy (non-hydrogen) atoms. The molecule has 0 radical (unpaired) electrons. The fourth-order valence-electron chi connectivity index (χ4n) is 6.09. The van der Waals surface area contributed by atoms with Crippen LogP contribution < -0.4 is 15.8 Å². The molecule has 2 aliphatic rings. The van der Waals surface area contributed by atoms with Gasteiger partial charge in [-0.1, -0.05) is 18.2 Å². The normalized spacial score (nSPS) is 17.1. The van der Waals surface area contributed by atoms with Crippen molar-refractivity contribution in [3.05, 3.63) is 69.2 Å². The average molecular weight is 671 g/mol. The van der Waals surface area contributed by atoms with Gasteiger partial charge in [0.1, 0.15) is 12.2 Å². The summed E-state index contributed by atoms with van der Waals surface area (Å²) < 4.78 is 52.6. The number of fused-ring (bicyclic) bond motifs is 1. The number of benzene rings is 1. The zero-order valence-corrected chi connectivity index (χ0v) is 26.4. The van der Waals surface area contributed by atoms with Crippen LogP contribution in [0.2, 0.25) is 0 Å². The van der Waals surface area contributed by atoms with Gasteiger partial charge in [-0.15, -0.1) is 5.10 Å². The van der Waals surface area contributed by atoms with E-state index in [2.05, 4.69) is 20.6 Å². The average Bonchev–Trinajstić information content (AvgIpc) is 3.70. The summed E-state index contributed by atoms with van der Waals surface area (Å²) >= 11 is 0. The minimum Gasteiger partial charge on any atom is -0.503 e. The molecule has 0 spiro atoms. The first-order valence-electron chi connectivity index (χ1n) is 15.3. The van der Waals surface area contributed by atoms with Crippen molar-refractivity contribution in [1.29, 1.82) is 0 Å². The number of carbonyl (C=O) groups excluding carboxylic acids is 2. The summed E-state index contributed by atoms with van der Waals surface area (Å²) in [5.41, 5.74) is 0.520. The number of aryl methyl sites for hydroxylation is 1. The highest BCUT2D eigenvalue weighted by Gasteiger charge is 2.35. The van der Waals surface area contributed by atoms with E-state index >= 15 is 0 Å². The molecule has 3 aromatic heterocycles. The van der Waals surface area contributed by atoms with Crippen molar-refractivity contribution in [1.82, 2.24) is 29.2 Å². The second-order valence-electron chi connectivity index (χ2n) is 11.7. The number of piperazine rings is 1. The van der Waals surface area contributed by atoms with Crippen LogP contribution in [-0.4, -0.2) is 85.0 Å². The standard InChI is InChI=1S/C31H33F3N8O6/c1-4-22-26(39-9-10-40(18(3)14-39)28(45)25-23(43)16-48-38-25)29(46)42-30(36-27(37-42)19-7-11-47-12-8-19)41(22)15-24(44)35-21-6-5-20(13-17(21)2)31(32,33)34/h5-7,13,16,18,43H,4,8-12,14-15H2,1-3H3,(H,35,44)/t18-/m1/s1. The predicted octanol–water partition coefficient (Wildman–Crippen LogP) is 3.27. The minimum atomic E-state index is -4.53. The van der Waals surface area contributed by atoms with Crippen molar-refractivity contribution in [3.63, 3.8) is 0 Å². The maximum absolute atomic E-state index is 14.2. The van der Waals surface area contributed by atoms with Crippen molar-refractivity contribution < 1.29 is 37.1 Å². The highest BCUT2D eigenvalue weighted by molar-refractivity contribution is 5.95. The summed E-state index contributed by atoms with van der Waals surface area (Å²) in [6.07, 6.45) is -0.884. The van der Waals surface area contributed by atoms with Gasteiger partial charge in [0.05, 0.1) is 24.5 Å². The number of hydrogen-bond donors (Lipinski definition) is 2. The molecular weight excluding hydrogens is 637 g/mol. The summed E-state index contributed by atoms with van der Waals surface area (Å²) in [5, 5.41) is 20.8. The van der Waals surface area contributed by atoms with E-state index in [-0.39, 0.29) is 60.3 Å². The number of nitrogens with one attached hydrogen (secondary N) is 1. The van der Waals surface area contributed by atoms with Crippen molar-refractivity contribution in [2.45, 2.75) is 52.4 Å². The molecule has 1 aromatic carbocycles. The summed E-state index contributed by atoms with van der Waals surface area (Å²) in [4.78, 5) is 48.8. The molecule has 0 unspecified atom stereocenters. The van der Waals surface area contributed by atoms with Crippen molar-refractivity contribution in [2.24, 2.45) is 0 Å². The molecule has 1 atom stereocenters. The van der Waals surface area contributed by atoms with Gasteiger partial charge in [0.15, 0.2) is 17.8 Å². The minimum absolute atomic E-state index is 0.130. The zero-order valence-electron chi connectivity index (χ0n) is 26.4. The molecule has 0 bridgehead atoms. The molecule has 17 heteroatoms. The number of halogens is 3. The fourth-order valence-corrected chi connectivity index (χ4v) is 6.09. The van der Waals surface area contributed by atoms with E-state index < -0.39 is 35.2 Å². The summed E-state index contributed by atoms with van der Waals surface area (Å²) in [6.45, 7) is 6.27. The molecule has 0 saturated carbocycles. The molecule has 14 nitrogen and oxygen atoms in total. The molecule has 4 aromatic rings. The monoisotopic (exact) mass is 670 g/mol. The van der Waals surface area contributed by atoms with Gasteiger partial charge in [-0.05, 0) is 56.0 Å². The Hall–Kier alpha value is -5.19. The number of aromatic hydroxyl groups is 1. The van der Waals surface area contributed by atoms with Gasteiger partial charge in [-0.3, -0.25) is 14.4 Å². The van der Waals surface area contributed by atoms with E-state index in [1.807, 2.05) is 17.9 Å². The number of hydrogen-bond acceptors (Lipinski definition) is 10. The van der Waals surface area contributed by atoms with Crippen molar-refractivity contribution >= 4 is 34.5 Å². The lowest BCUT2D eigenvalue weighted by atomic mass is 10.1. The second-order valence-corrected chi connectivity index (χ2v) is 11.7. The third-order valence-electron chi connectivity index (χ3n) is 8.50. The van der Waals surface area contributed by atoms with Gasteiger partial charge >= 0.3 is 6.18 Å². The highest BCUT2D eigenvalue weighted by Crippen LogP contribution is 2.32. The largest absolute Gasteiger partial charge is 0.503 e. The Labute approximate surface area is 271 Å². The third-order valence-corrected chi connectivity index (χ3v) is 8.50. The third kappa shape index (κ3) is 6.12. The fraction of sp³-hybridized carbons (Fsp3) is 0.419. The maximum atomic E-state index is 14.2. The Morgan fingerprint density at radius 3 is 2.62 bits per heavy atom. The van der Waals surface area contributed by atoms with E-state index in [1.165, 1.54) is 17.9 Å². The highest BCUT2D eigenvalue weighted by atomic mass is 19.4. The van der Waals surface area contributed by atoms with Crippen LogP contribution in [0.1, 0.15) is 53.4 Å². The van der Waals surface area contributed by atoms with Crippen LogP contribution in [0.25, 0.3) is 11.4 Å². The zero-order chi connectivity index (χ0) is 34.3. The summed E-state index contributed by atoms with van der Waals surface area (Å²) in [7, 11) is 0. The molecule has 0 aliphatic carbocycles. The quantitative estimate of drug-likeness (QED) is 0.299. The number of amides is 2. The van der Waals surface area contributed by atoms with Gasteiger partial charge in [0.25, 0.3) is 11.5 Å². The van der Waals surface area contributed by atoms with Crippen LogP contribution in [-0.2, 0) is 28.7 Å². The molecule has 1 saturated heterocycles. The van der Waals surface area contributed by atoms with Gasteiger partial charge in [-0.2, -0.15) is 22.7 Å². The van der Waals surface area contributed by atoms with Crippen LogP contribution in [0, 0.1) is 6.92 Å². The van der Waals surface area contributed by atoms with Gasteiger partial charge in [0.2, 0.25) is 17.4 Å². The lowest BCUT2D eigenvalue weighted by molar-refractivity contribution is -0.137. The summed E-state index contributed by atoms with van der Waals surface area (Å²) in [6, 6.07) is 2.65. The van der Waals surface area contributed by atoms with E-state index in [9.17, 15) is 32.7 Å². The Morgan fingerprint density at radius 2 is 2.00 bits per heavy atom. The van der Waals surface area contributed by atoms with Crippen LogP contribution in [0.15, 0.2) is 39.9 Å². The first kappa shape index (κ1) is 32.7. The van der Waals surface area contributed by atoms with Gasteiger partial charge in [0, 0.05) is 31.4 Å². The second kappa shape index (κ2) is 12.8. The Kier molecular flexibility index (Phi) is 8.72. The smallest absolute Gasteiger partial charge is 0.416 e. The van der Waals surface area contributed by atoms with Gasteiger partial charge in [-0.25, -0.2) is 0 Å². The van der Waals surface area contributed by atoms with Gasteiger partial charge < -0.3 is 34.1 Å². The lowest BCUT2D eigenvalue weighted by Crippen LogP contribution is -2.55. The molecular formula is C31H33F3N8O6. The molecule has 254 valence electrons. The topological polar surface area (TPSA) is 160 Å². The number of nitrogens with zero attached hydrogens (tertiary/aromatic N) is 7. The number of ether oxygens (including phenoxy) is 1. The SMILES string of the molecule is CCc1c(N2CCN(C(=O)c3nocc3O)[C@H](C)C2)c(=O)n2nc(C3=CCOCC3)nc2n1CC(=O)Nc1ccc(C(F)(F)F)cc1C. The molecule has 5 heterocycles. The first-order chi connectivity index (χ1) is 22.9. The van der Waals surface area contributed by atoms with Crippen LogP contribution in [0.4, 0.5) is 24.5 Å². The van der Waals surface area contributed by atoms with E-state index in [1.54, 1.807) is 11.5 Å². The van der Waals surface area contributed by atoms with Crippen LogP contribution in [0.3, 0.4) is 0 Å². The van der Waals surface area contributed by atoms with E-state index in [0.29, 0.717) is 37.6 Å². The Morgan fingerprint density at radius 1 is 1.21 bits per heavy atom. The van der Waals surface area contributed by atoms with Crippen LogP contribution >= 0.6 is 0 Å². The number of anilines is 2. The molecule has 6 rings (SSSR count). The lowest BCUT2D eigenvalue weighted by Gasteiger charge is -2.41. The molecule has 1 fully saturated rings. The Bertz CT molecular complexity index is 1980. The number of rotatable bonds is 7. The summed E-state index contributed by atoms with van der Waals surface area (Å²) in [5.74, 6) is -0.986. The van der Waals surface area contributed by atoms with E-state index in [0.717, 1.165) is 28.5 Å². The number of aromatic nitrogens is 5. The molecule has 2 N–H and O–H groups in total. The van der Waals surface area contributed by atoms with Crippen molar-refractivity contribution in [2.75, 3.05) is 43.1 Å². The predicted molar refractivity (Wildman–Crippen MR) is 166 cm³/mol. The molecule has 2 amide bonds. The van der Waals surface area contributed by atoms with Crippen LogP contribution in [0.5, 0.6) is 5.75 Å². The first-order valence-corrected chi connectivity index (χ1v) is 15.3. The number of carbonyl (C=O) groups is 2. The van der Waals surface area contributed by atoms with Crippen molar-refractivity contribution in [3.8, 4) is 5.75 Å². The van der Waals surface area contributed by atoms with E-state index in [4.69, 9.17) is 9.26 Å². The number of alkyl halides is 3. The Balaban J connectivity index is 1.37.